The molecular weight excluding hydrogens is 230 g/mol. The van der Waals surface area contributed by atoms with Crippen LogP contribution in [0.25, 0.3) is 0 Å². The molecule has 0 aromatic carbocycles. The summed E-state index contributed by atoms with van der Waals surface area (Å²) in [5, 5.41) is 7.44. The average Bonchev–Trinajstić information content (AvgIpc) is 2.76. The van der Waals surface area contributed by atoms with Gasteiger partial charge in [0.2, 0.25) is 0 Å². The van der Waals surface area contributed by atoms with Crippen molar-refractivity contribution >= 4 is 0 Å². The first kappa shape index (κ1) is 12.1. The molecule has 1 saturated heterocycles. The van der Waals surface area contributed by atoms with Gasteiger partial charge in [0.1, 0.15) is 6.10 Å². The number of hydrogen-bond donors (Lipinski definition) is 1. The lowest BCUT2D eigenvalue weighted by molar-refractivity contribution is 0.00755. The number of ether oxygens (including phenoxy) is 1. The zero-order chi connectivity index (χ0) is 12.2. The molecule has 5 nitrogen and oxygen atoms in total. The molecule has 1 atom stereocenters. The highest BCUT2D eigenvalue weighted by molar-refractivity contribution is 4.99. The fourth-order valence-electron chi connectivity index (χ4n) is 2.81. The summed E-state index contributed by atoms with van der Waals surface area (Å²) in [7, 11) is 0. The van der Waals surface area contributed by atoms with Gasteiger partial charge in [-0.15, -0.1) is 0 Å². The molecule has 1 aromatic heterocycles. The van der Waals surface area contributed by atoms with Crippen LogP contribution in [0.15, 0.2) is 4.52 Å². The van der Waals surface area contributed by atoms with Crippen molar-refractivity contribution in [1.29, 1.82) is 0 Å². The van der Waals surface area contributed by atoms with Crippen molar-refractivity contribution in [2.24, 2.45) is 0 Å². The second-order valence-corrected chi connectivity index (χ2v) is 5.24. The van der Waals surface area contributed by atoms with Gasteiger partial charge in [0.25, 0.3) is 5.89 Å². The third-order valence-electron chi connectivity index (χ3n) is 3.88. The Morgan fingerprint density at radius 1 is 1.11 bits per heavy atom. The smallest absolute Gasteiger partial charge is 0.257 e. The van der Waals surface area contributed by atoms with Crippen molar-refractivity contribution in [3.63, 3.8) is 0 Å². The Morgan fingerprint density at radius 2 is 1.94 bits per heavy atom. The van der Waals surface area contributed by atoms with E-state index in [2.05, 4.69) is 15.5 Å². The molecule has 1 saturated carbocycles. The molecule has 1 aliphatic heterocycles. The van der Waals surface area contributed by atoms with Gasteiger partial charge in [-0.05, 0) is 12.8 Å². The number of morpholine rings is 1. The number of aromatic nitrogens is 2. The Morgan fingerprint density at radius 3 is 2.67 bits per heavy atom. The van der Waals surface area contributed by atoms with E-state index in [-0.39, 0.29) is 6.10 Å². The van der Waals surface area contributed by atoms with Gasteiger partial charge in [0.15, 0.2) is 5.82 Å². The van der Waals surface area contributed by atoms with E-state index in [9.17, 15) is 0 Å². The van der Waals surface area contributed by atoms with Gasteiger partial charge in [-0.3, -0.25) is 0 Å². The van der Waals surface area contributed by atoms with E-state index in [0.29, 0.717) is 18.4 Å². The first-order valence-electron chi connectivity index (χ1n) is 7.09. The SMILES string of the molecule is C1CCCC(c2noc([C@H]3CNCCO3)n2)CC1. The maximum absolute atomic E-state index is 5.63. The highest BCUT2D eigenvalue weighted by Crippen LogP contribution is 2.30. The lowest BCUT2D eigenvalue weighted by atomic mass is 10.00. The van der Waals surface area contributed by atoms with Crippen molar-refractivity contribution in [3.05, 3.63) is 11.7 Å². The van der Waals surface area contributed by atoms with E-state index < -0.39 is 0 Å². The summed E-state index contributed by atoms with van der Waals surface area (Å²) in [4.78, 5) is 4.56. The van der Waals surface area contributed by atoms with E-state index >= 15 is 0 Å². The second-order valence-electron chi connectivity index (χ2n) is 5.24. The molecule has 18 heavy (non-hydrogen) atoms. The molecule has 1 aliphatic carbocycles. The van der Waals surface area contributed by atoms with Gasteiger partial charge in [-0.25, -0.2) is 0 Å². The van der Waals surface area contributed by atoms with Crippen molar-refractivity contribution in [1.82, 2.24) is 15.5 Å². The highest BCUT2D eigenvalue weighted by atomic mass is 16.5. The molecule has 0 spiro atoms. The Hall–Kier alpha value is -0.940. The zero-order valence-electron chi connectivity index (χ0n) is 10.7. The number of nitrogens with one attached hydrogen (secondary N) is 1. The molecule has 5 heteroatoms. The highest BCUT2D eigenvalue weighted by Gasteiger charge is 2.25. The minimum Gasteiger partial charge on any atom is -0.366 e. The number of nitrogens with zero attached hydrogens (tertiary/aromatic N) is 2. The van der Waals surface area contributed by atoms with Gasteiger partial charge in [0.05, 0.1) is 6.61 Å². The van der Waals surface area contributed by atoms with Crippen LogP contribution in [0.5, 0.6) is 0 Å². The molecule has 0 bridgehead atoms. The monoisotopic (exact) mass is 251 g/mol. The van der Waals surface area contributed by atoms with Crippen LogP contribution in [0.1, 0.15) is 62.3 Å². The van der Waals surface area contributed by atoms with Crippen LogP contribution < -0.4 is 5.32 Å². The summed E-state index contributed by atoms with van der Waals surface area (Å²) in [5.74, 6) is 2.02. The van der Waals surface area contributed by atoms with Gasteiger partial charge >= 0.3 is 0 Å². The van der Waals surface area contributed by atoms with E-state index in [0.717, 1.165) is 18.9 Å². The van der Waals surface area contributed by atoms with E-state index in [1.165, 1.54) is 38.5 Å². The molecule has 0 unspecified atom stereocenters. The predicted octanol–water partition coefficient (Wildman–Crippen LogP) is 2.17. The van der Waals surface area contributed by atoms with Crippen LogP contribution in [0.2, 0.25) is 0 Å². The van der Waals surface area contributed by atoms with Gasteiger partial charge in [0, 0.05) is 19.0 Å². The molecule has 1 N–H and O–H groups in total. The van der Waals surface area contributed by atoms with Crippen LogP contribution in [0, 0.1) is 0 Å². The second kappa shape index (κ2) is 5.80. The summed E-state index contributed by atoms with van der Waals surface area (Å²) in [6.07, 6.45) is 7.59. The van der Waals surface area contributed by atoms with E-state index in [1.54, 1.807) is 0 Å². The van der Waals surface area contributed by atoms with Crippen LogP contribution in [0.3, 0.4) is 0 Å². The van der Waals surface area contributed by atoms with Crippen LogP contribution in [-0.2, 0) is 4.74 Å². The summed E-state index contributed by atoms with van der Waals surface area (Å²) < 4.78 is 11.0. The Balaban J connectivity index is 1.67. The minimum atomic E-state index is -0.0641. The number of hydrogen-bond acceptors (Lipinski definition) is 5. The van der Waals surface area contributed by atoms with Crippen LogP contribution in [0.4, 0.5) is 0 Å². The molecule has 0 radical (unpaired) electrons. The third kappa shape index (κ3) is 2.72. The van der Waals surface area contributed by atoms with E-state index in [4.69, 9.17) is 9.26 Å². The molecule has 100 valence electrons. The average molecular weight is 251 g/mol. The topological polar surface area (TPSA) is 60.2 Å². The largest absolute Gasteiger partial charge is 0.366 e. The normalized spacial score (nSPS) is 27.0. The van der Waals surface area contributed by atoms with Crippen molar-refractivity contribution in [2.75, 3.05) is 19.7 Å². The first-order valence-corrected chi connectivity index (χ1v) is 7.09. The summed E-state index contributed by atoms with van der Waals surface area (Å²) >= 11 is 0. The molecule has 2 fully saturated rings. The Labute approximate surface area is 107 Å². The standard InChI is InChI=1S/C13H21N3O2/c1-2-4-6-10(5-3-1)12-15-13(18-16-12)11-9-14-7-8-17-11/h10-11,14H,1-9H2/t11-/m1/s1. The molecule has 2 aliphatic rings. The maximum Gasteiger partial charge on any atom is 0.257 e. The molecule has 2 heterocycles. The predicted molar refractivity (Wildman–Crippen MR) is 66.3 cm³/mol. The molecular formula is C13H21N3O2. The zero-order valence-corrected chi connectivity index (χ0v) is 10.7. The van der Waals surface area contributed by atoms with Crippen LogP contribution in [-0.4, -0.2) is 29.8 Å². The summed E-state index contributed by atoms with van der Waals surface area (Å²) in [6, 6.07) is 0. The van der Waals surface area contributed by atoms with Crippen molar-refractivity contribution < 1.29 is 9.26 Å². The van der Waals surface area contributed by atoms with Crippen molar-refractivity contribution in [2.45, 2.75) is 50.5 Å². The maximum atomic E-state index is 5.63. The summed E-state index contributed by atoms with van der Waals surface area (Å²) in [6.45, 7) is 2.39. The fraction of sp³-hybridized carbons (Fsp3) is 0.846. The fourth-order valence-corrected chi connectivity index (χ4v) is 2.81. The minimum absolute atomic E-state index is 0.0641. The quantitative estimate of drug-likeness (QED) is 0.816. The Kier molecular flexibility index (Phi) is 3.90. The third-order valence-corrected chi connectivity index (χ3v) is 3.88. The van der Waals surface area contributed by atoms with Gasteiger partial charge in [-0.2, -0.15) is 4.98 Å². The van der Waals surface area contributed by atoms with Gasteiger partial charge < -0.3 is 14.6 Å². The number of rotatable bonds is 2. The van der Waals surface area contributed by atoms with Gasteiger partial charge in [-0.1, -0.05) is 30.8 Å². The Bertz CT molecular complexity index is 366. The summed E-state index contributed by atoms with van der Waals surface area (Å²) in [5.41, 5.74) is 0. The lowest BCUT2D eigenvalue weighted by Gasteiger charge is -2.20. The molecule has 1 aromatic rings. The van der Waals surface area contributed by atoms with Crippen molar-refractivity contribution in [3.8, 4) is 0 Å². The lowest BCUT2D eigenvalue weighted by Crippen LogP contribution is -2.33. The van der Waals surface area contributed by atoms with E-state index in [1.807, 2.05) is 0 Å². The van der Waals surface area contributed by atoms with Crippen LogP contribution >= 0.6 is 0 Å². The first-order chi connectivity index (χ1) is 8.93. The molecule has 3 rings (SSSR count). The molecule has 0 amide bonds.